The molecule has 4 heteroatoms. The third kappa shape index (κ3) is 7.06. The van der Waals surface area contributed by atoms with E-state index in [0.29, 0.717) is 6.04 Å². The van der Waals surface area contributed by atoms with E-state index < -0.39 is 0 Å². The monoisotopic (exact) mass is 284 g/mol. The molecule has 1 unspecified atom stereocenters. The third-order valence-electron chi connectivity index (χ3n) is 3.32. The first-order chi connectivity index (χ1) is 9.25. The van der Waals surface area contributed by atoms with Gasteiger partial charge in [0, 0.05) is 37.2 Å². The fourth-order valence-corrected chi connectivity index (χ4v) is 2.66. The Morgan fingerprint density at radius 3 is 2.89 bits per heavy atom. The van der Waals surface area contributed by atoms with Crippen molar-refractivity contribution in [3.05, 3.63) is 22.4 Å². The van der Waals surface area contributed by atoms with Crippen molar-refractivity contribution in [2.45, 2.75) is 32.7 Å². The summed E-state index contributed by atoms with van der Waals surface area (Å²) in [5.74, 6) is 0. The molecule has 0 aliphatic rings. The summed E-state index contributed by atoms with van der Waals surface area (Å²) < 4.78 is 5.51. The van der Waals surface area contributed by atoms with Crippen molar-refractivity contribution in [3.63, 3.8) is 0 Å². The molecule has 110 valence electrons. The number of thiophene rings is 1. The van der Waals surface area contributed by atoms with Crippen LogP contribution in [-0.4, -0.2) is 44.8 Å². The predicted octanol–water partition coefficient (Wildman–Crippen LogP) is 3.15. The highest BCUT2D eigenvalue weighted by molar-refractivity contribution is 7.10. The lowest BCUT2D eigenvalue weighted by Gasteiger charge is -2.23. The van der Waals surface area contributed by atoms with Gasteiger partial charge in [-0.3, -0.25) is 4.90 Å². The van der Waals surface area contributed by atoms with Crippen molar-refractivity contribution in [1.82, 2.24) is 10.2 Å². The van der Waals surface area contributed by atoms with E-state index in [1.807, 2.05) is 11.3 Å². The molecule has 0 aliphatic heterocycles. The minimum atomic E-state index is 0.502. The maximum absolute atomic E-state index is 5.51. The van der Waals surface area contributed by atoms with E-state index in [1.54, 1.807) is 0 Å². The Balaban J connectivity index is 2.00. The van der Waals surface area contributed by atoms with Gasteiger partial charge >= 0.3 is 0 Å². The van der Waals surface area contributed by atoms with Crippen molar-refractivity contribution in [2.75, 3.05) is 39.9 Å². The first kappa shape index (κ1) is 16.6. The van der Waals surface area contributed by atoms with Crippen molar-refractivity contribution >= 4 is 11.3 Å². The molecule has 0 amide bonds. The molecule has 0 bridgehead atoms. The van der Waals surface area contributed by atoms with Crippen molar-refractivity contribution in [1.29, 1.82) is 0 Å². The van der Waals surface area contributed by atoms with Crippen LogP contribution in [0.15, 0.2) is 17.5 Å². The molecule has 1 atom stereocenters. The van der Waals surface area contributed by atoms with Gasteiger partial charge in [-0.15, -0.1) is 11.3 Å². The number of nitrogens with one attached hydrogen (secondary N) is 1. The molecular weight excluding hydrogens is 256 g/mol. The maximum atomic E-state index is 5.51. The molecule has 0 radical (unpaired) electrons. The molecule has 0 saturated heterocycles. The summed E-state index contributed by atoms with van der Waals surface area (Å²) in [5, 5.41) is 5.57. The molecule has 1 N–H and O–H groups in total. The molecule has 0 aliphatic carbocycles. The second-order valence-corrected chi connectivity index (χ2v) is 5.87. The summed E-state index contributed by atoms with van der Waals surface area (Å²) in [7, 11) is 2.18. The van der Waals surface area contributed by atoms with Crippen LogP contribution in [0.4, 0.5) is 0 Å². The van der Waals surface area contributed by atoms with Crippen LogP contribution < -0.4 is 5.32 Å². The van der Waals surface area contributed by atoms with Crippen molar-refractivity contribution in [2.24, 2.45) is 0 Å². The van der Waals surface area contributed by atoms with E-state index in [-0.39, 0.29) is 0 Å². The fourth-order valence-electron chi connectivity index (χ4n) is 1.81. The Hall–Kier alpha value is -0.420. The number of nitrogens with zero attached hydrogens (tertiary/aromatic N) is 1. The Morgan fingerprint density at radius 1 is 1.37 bits per heavy atom. The van der Waals surface area contributed by atoms with Crippen LogP contribution in [0.25, 0.3) is 0 Å². The highest BCUT2D eigenvalue weighted by Gasteiger charge is 2.11. The number of rotatable bonds is 11. The number of hydrogen-bond acceptors (Lipinski definition) is 4. The van der Waals surface area contributed by atoms with Crippen LogP contribution in [-0.2, 0) is 4.74 Å². The van der Waals surface area contributed by atoms with E-state index in [4.69, 9.17) is 4.74 Å². The van der Waals surface area contributed by atoms with Gasteiger partial charge in [0.2, 0.25) is 0 Å². The summed E-state index contributed by atoms with van der Waals surface area (Å²) in [6.45, 7) is 9.20. The van der Waals surface area contributed by atoms with E-state index in [1.165, 1.54) is 17.7 Å². The van der Waals surface area contributed by atoms with Crippen LogP contribution in [0.2, 0.25) is 0 Å². The topological polar surface area (TPSA) is 24.5 Å². The molecule has 0 aromatic carbocycles. The lowest BCUT2D eigenvalue weighted by molar-refractivity contribution is 0.132. The number of ether oxygens (including phenoxy) is 1. The van der Waals surface area contributed by atoms with Crippen LogP contribution in [0.5, 0.6) is 0 Å². The van der Waals surface area contributed by atoms with Gasteiger partial charge < -0.3 is 10.1 Å². The zero-order valence-corrected chi connectivity index (χ0v) is 13.3. The van der Waals surface area contributed by atoms with Gasteiger partial charge in [-0.25, -0.2) is 0 Å². The lowest BCUT2D eigenvalue weighted by Crippen LogP contribution is -2.32. The first-order valence-electron chi connectivity index (χ1n) is 7.27. The Kier molecular flexibility index (Phi) is 9.08. The largest absolute Gasteiger partial charge is 0.380 e. The molecule has 0 fully saturated rings. The van der Waals surface area contributed by atoms with Gasteiger partial charge in [-0.2, -0.15) is 0 Å². The molecule has 1 aromatic heterocycles. The van der Waals surface area contributed by atoms with Crippen LogP contribution in [0.3, 0.4) is 0 Å². The zero-order chi connectivity index (χ0) is 13.9. The minimum absolute atomic E-state index is 0.502. The predicted molar refractivity (Wildman–Crippen MR) is 84.0 cm³/mol. The van der Waals surface area contributed by atoms with Crippen LogP contribution >= 0.6 is 11.3 Å². The molecule has 1 aromatic rings. The van der Waals surface area contributed by atoms with E-state index in [0.717, 1.165) is 32.8 Å². The quantitative estimate of drug-likeness (QED) is 0.632. The molecule has 3 nitrogen and oxygen atoms in total. The second kappa shape index (κ2) is 10.4. The maximum Gasteiger partial charge on any atom is 0.0590 e. The summed E-state index contributed by atoms with van der Waals surface area (Å²) >= 11 is 1.83. The molecule has 1 rings (SSSR count). The van der Waals surface area contributed by atoms with Crippen molar-refractivity contribution in [3.8, 4) is 0 Å². The van der Waals surface area contributed by atoms with Gasteiger partial charge in [0.25, 0.3) is 0 Å². The molecule has 1 heterocycles. The molecule has 0 saturated carbocycles. The molecular formula is C15H28N2OS. The number of likely N-dealkylation sites (N-methyl/N-ethyl adjacent to an activating group) is 1. The minimum Gasteiger partial charge on any atom is -0.380 e. The summed E-state index contributed by atoms with van der Waals surface area (Å²) in [5.41, 5.74) is 0. The smallest absolute Gasteiger partial charge is 0.0590 e. The summed E-state index contributed by atoms with van der Waals surface area (Å²) in [4.78, 5) is 3.82. The lowest BCUT2D eigenvalue weighted by atomic mass is 10.2. The number of unbranched alkanes of at least 4 members (excludes halogenated alkanes) is 1. The average Bonchev–Trinajstić information content (AvgIpc) is 2.94. The standard InChI is InChI=1S/C15H28N2OS/c1-4-5-11-18-12-9-16-8-10-17(3)14(2)15-7-6-13-19-15/h6-7,13-14,16H,4-5,8-12H2,1-3H3. The summed E-state index contributed by atoms with van der Waals surface area (Å²) in [6, 6.07) is 4.83. The Bertz CT molecular complexity index is 303. The van der Waals surface area contributed by atoms with E-state index >= 15 is 0 Å². The summed E-state index contributed by atoms with van der Waals surface area (Å²) in [6.07, 6.45) is 2.37. The normalized spacial score (nSPS) is 13.1. The molecule has 19 heavy (non-hydrogen) atoms. The first-order valence-corrected chi connectivity index (χ1v) is 8.15. The van der Waals surface area contributed by atoms with E-state index in [2.05, 4.69) is 48.6 Å². The second-order valence-electron chi connectivity index (χ2n) is 4.89. The Morgan fingerprint density at radius 2 is 2.21 bits per heavy atom. The Labute approximate surface area is 122 Å². The SMILES string of the molecule is CCCCOCCNCCN(C)C(C)c1cccs1. The van der Waals surface area contributed by atoms with Crippen LogP contribution in [0, 0.1) is 0 Å². The van der Waals surface area contributed by atoms with Gasteiger partial charge in [0.15, 0.2) is 0 Å². The van der Waals surface area contributed by atoms with Gasteiger partial charge in [0.1, 0.15) is 0 Å². The van der Waals surface area contributed by atoms with E-state index in [9.17, 15) is 0 Å². The van der Waals surface area contributed by atoms with Crippen molar-refractivity contribution < 1.29 is 4.74 Å². The third-order valence-corrected chi connectivity index (χ3v) is 4.37. The average molecular weight is 284 g/mol. The van der Waals surface area contributed by atoms with Gasteiger partial charge in [-0.05, 0) is 31.8 Å². The van der Waals surface area contributed by atoms with Crippen LogP contribution in [0.1, 0.15) is 37.6 Å². The number of hydrogen-bond donors (Lipinski definition) is 1. The van der Waals surface area contributed by atoms with Gasteiger partial charge in [-0.1, -0.05) is 19.4 Å². The fraction of sp³-hybridized carbons (Fsp3) is 0.733. The van der Waals surface area contributed by atoms with Gasteiger partial charge in [0.05, 0.1) is 6.61 Å². The highest BCUT2D eigenvalue weighted by atomic mass is 32.1. The highest BCUT2D eigenvalue weighted by Crippen LogP contribution is 2.22. The zero-order valence-electron chi connectivity index (χ0n) is 12.5. The molecule has 0 spiro atoms.